The van der Waals surface area contributed by atoms with Gasteiger partial charge in [0.2, 0.25) is 5.82 Å². The van der Waals surface area contributed by atoms with E-state index in [1.165, 1.54) is 50.7 Å². The summed E-state index contributed by atoms with van der Waals surface area (Å²) in [5.74, 6) is -5.45. The van der Waals surface area contributed by atoms with Crippen LogP contribution in [0.2, 0.25) is 0 Å². The van der Waals surface area contributed by atoms with Crippen LogP contribution in [0, 0.1) is 29.3 Å². The zero-order valence-electron chi connectivity index (χ0n) is 18.3. The summed E-state index contributed by atoms with van der Waals surface area (Å²) in [6.45, 7) is 2.21. The Morgan fingerprint density at radius 1 is 0.844 bits per heavy atom. The first-order valence-electron chi connectivity index (χ1n) is 11.1. The lowest BCUT2D eigenvalue weighted by Gasteiger charge is -2.28. The van der Waals surface area contributed by atoms with Gasteiger partial charge in [-0.2, -0.15) is 17.6 Å². The molecule has 1 aliphatic rings. The highest BCUT2D eigenvalue weighted by Crippen LogP contribution is 2.44. The van der Waals surface area contributed by atoms with E-state index in [0.717, 1.165) is 31.4 Å². The molecule has 2 aromatic rings. The minimum Gasteiger partial charge on any atom is -0.493 e. The second kappa shape index (κ2) is 10.2. The molecule has 0 heterocycles. The van der Waals surface area contributed by atoms with Gasteiger partial charge in [-0.05, 0) is 35.8 Å². The van der Waals surface area contributed by atoms with Gasteiger partial charge in [0.25, 0.3) is 0 Å². The minimum absolute atomic E-state index is 0.00688. The standard InChI is InChI=1S/C25H28F6O/c1-3-4-15-5-7-16(8-6-15)9-10-17-11-13-18(14-12-17)19-21(26)20(25(29,30)31)22(27)23(28)24(19)32-2/h11-16H,3-10H2,1-2H3. The number of halogens is 6. The Morgan fingerprint density at radius 3 is 1.91 bits per heavy atom. The molecule has 7 heteroatoms. The Kier molecular flexibility index (Phi) is 7.78. The van der Waals surface area contributed by atoms with Gasteiger partial charge in [-0.1, -0.05) is 69.7 Å². The van der Waals surface area contributed by atoms with Crippen molar-refractivity contribution in [1.29, 1.82) is 0 Å². The van der Waals surface area contributed by atoms with Crippen LogP contribution in [-0.2, 0) is 12.6 Å². The van der Waals surface area contributed by atoms with Crippen LogP contribution in [-0.4, -0.2) is 7.11 Å². The van der Waals surface area contributed by atoms with Crippen LogP contribution >= 0.6 is 0 Å². The Hall–Kier alpha value is -2.18. The molecule has 1 aliphatic carbocycles. The number of rotatable bonds is 7. The van der Waals surface area contributed by atoms with E-state index in [1.807, 2.05) is 0 Å². The number of hydrogen-bond donors (Lipinski definition) is 0. The van der Waals surface area contributed by atoms with Crippen LogP contribution in [0.1, 0.15) is 63.0 Å². The molecule has 0 spiro atoms. The SMILES string of the molecule is CCCC1CCC(CCc2ccc(-c3c(F)c(C(F)(F)F)c(F)c(F)c3OC)cc2)CC1. The quantitative estimate of drug-likeness (QED) is 0.299. The van der Waals surface area contributed by atoms with Gasteiger partial charge >= 0.3 is 6.18 Å². The molecule has 1 fully saturated rings. The van der Waals surface area contributed by atoms with Crippen molar-refractivity contribution in [2.45, 2.75) is 64.5 Å². The number of ether oxygens (including phenoxy) is 1. The number of benzene rings is 2. The first-order chi connectivity index (χ1) is 15.2. The van der Waals surface area contributed by atoms with Gasteiger partial charge in [-0.3, -0.25) is 0 Å². The maximum absolute atomic E-state index is 14.7. The van der Waals surface area contributed by atoms with E-state index in [0.29, 0.717) is 5.92 Å². The lowest BCUT2D eigenvalue weighted by molar-refractivity contribution is -0.142. The second-order valence-electron chi connectivity index (χ2n) is 8.63. The van der Waals surface area contributed by atoms with E-state index < -0.39 is 40.5 Å². The van der Waals surface area contributed by atoms with E-state index in [1.54, 1.807) is 12.1 Å². The van der Waals surface area contributed by atoms with Crippen molar-refractivity contribution in [3.63, 3.8) is 0 Å². The molecule has 0 saturated heterocycles. The summed E-state index contributed by atoms with van der Waals surface area (Å²) in [6, 6.07) is 6.22. The van der Waals surface area contributed by atoms with Crippen molar-refractivity contribution >= 4 is 0 Å². The second-order valence-corrected chi connectivity index (χ2v) is 8.63. The normalized spacial score (nSPS) is 19.2. The summed E-state index contributed by atoms with van der Waals surface area (Å²) in [5.41, 5.74) is -2.04. The maximum atomic E-state index is 14.7. The molecule has 0 N–H and O–H groups in total. The number of methoxy groups -OCH3 is 1. The van der Waals surface area contributed by atoms with Crippen molar-refractivity contribution in [3.8, 4) is 16.9 Å². The summed E-state index contributed by atoms with van der Waals surface area (Å²) >= 11 is 0. The average Bonchev–Trinajstić information content (AvgIpc) is 2.75. The predicted molar refractivity (Wildman–Crippen MR) is 112 cm³/mol. The molecule has 0 atom stereocenters. The Labute approximate surface area is 184 Å². The average molecular weight is 458 g/mol. The van der Waals surface area contributed by atoms with Crippen molar-refractivity contribution in [2.24, 2.45) is 11.8 Å². The fourth-order valence-corrected chi connectivity index (χ4v) is 4.76. The molecule has 0 aliphatic heterocycles. The fraction of sp³-hybridized carbons (Fsp3) is 0.520. The van der Waals surface area contributed by atoms with E-state index in [9.17, 15) is 26.3 Å². The largest absolute Gasteiger partial charge is 0.493 e. The molecule has 0 bridgehead atoms. The lowest BCUT2D eigenvalue weighted by Crippen LogP contribution is -2.15. The third-order valence-corrected chi connectivity index (χ3v) is 6.51. The molecule has 0 unspecified atom stereocenters. The smallest absolute Gasteiger partial charge is 0.422 e. The van der Waals surface area contributed by atoms with Crippen LogP contribution in [0.25, 0.3) is 11.1 Å². The van der Waals surface area contributed by atoms with Crippen LogP contribution in [0.5, 0.6) is 5.75 Å². The zero-order chi connectivity index (χ0) is 23.5. The molecule has 2 aromatic carbocycles. The molecule has 176 valence electrons. The molecular weight excluding hydrogens is 430 g/mol. The van der Waals surface area contributed by atoms with Crippen LogP contribution in [0.4, 0.5) is 26.3 Å². The number of hydrogen-bond acceptors (Lipinski definition) is 1. The summed E-state index contributed by atoms with van der Waals surface area (Å²) in [4.78, 5) is 0. The van der Waals surface area contributed by atoms with Crippen LogP contribution < -0.4 is 4.74 Å². The Bertz CT molecular complexity index is 912. The van der Waals surface area contributed by atoms with Gasteiger partial charge in [0.05, 0.1) is 12.7 Å². The molecule has 0 radical (unpaired) electrons. The van der Waals surface area contributed by atoms with Gasteiger partial charge in [-0.15, -0.1) is 0 Å². The predicted octanol–water partition coefficient (Wildman–Crippen LogP) is 8.34. The molecule has 0 aromatic heterocycles. The van der Waals surface area contributed by atoms with E-state index in [2.05, 4.69) is 6.92 Å². The molecule has 0 amide bonds. The number of aryl methyl sites for hydroxylation is 1. The molecule has 1 nitrogen and oxygen atoms in total. The molecule has 1 saturated carbocycles. The number of alkyl halides is 3. The highest BCUT2D eigenvalue weighted by molar-refractivity contribution is 5.73. The van der Waals surface area contributed by atoms with E-state index in [-0.39, 0.29) is 5.56 Å². The van der Waals surface area contributed by atoms with E-state index in [4.69, 9.17) is 4.74 Å². The Morgan fingerprint density at radius 2 is 1.41 bits per heavy atom. The first-order valence-corrected chi connectivity index (χ1v) is 11.1. The van der Waals surface area contributed by atoms with Gasteiger partial charge in [0.15, 0.2) is 11.6 Å². The fourth-order valence-electron chi connectivity index (χ4n) is 4.76. The van der Waals surface area contributed by atoms with Gasteiger partial charge < -0.3 is 4.74 Å². The van der Waals surface area contributed by atoms with Crippen molar-refractivity contribution < 1.29 is 31.1 Å². The van der Waals surface area contributed by atoms with E-state index >= 15 is 0 Å². The highest BCUT2D eigenvalue weighted by Gasteiger charge is 2.42. The summed E-state index contributed by atoms with van der Waals surface area (Å²) in [6.07, 6.45) is 3.87. The van der Waals surface area contributed by atoms with Gasteiger partial charge in [-0.25, -0.2) is 8.78 Å². The van der Waals surface area contributed by atoms with Crippen molar-refractivity contribution in [2.75, 3.05) is 7.11 Å². The zero-order valence-corrected chi connectivity index (χ0v) is 18.3. The topological polar surface area (TPSA) is 9.23 Å². The first kappa shape index (κ1) is 24.5. The third-order valence-electron chi connectivity index (χ3n) is 6.51. The molecule has 32 heavy (non-hydrogen) atoms. The van der Waals surface area contributed by atoms with Crippen LogP contribution in [0.3, 0.4) is 0 Å². The van der Waals surface area contributed by atoms with Crippen molar-refractivity contribution in [1.82, 2.24) is 0 Å². The summed E-state index contributed by atoms with van der Waals surface area (Å²) in [5, 5.41) is 0. The summed E-state index contributed by atoms with van der Waals surface area (Å²) < 4.78 is 87.0. The third kappa shape index (κ3) is 5.24. The summed E-state index contributed by atoms with van der Waals surface area (Å²) in [7, 11) is 0.956. The molecule has 3 rings (SSSR count). The van der Waals surface area contributed by atoms with Crippen LogP contribution in [0.15, 0.2) is 24.3 Å². The van der Waals surface area contributed by atoms with Gasteiger partial charge in [0.1, 0.15) is 11.4 Å². The monoisotopic (exact) mass is 458 g/mol. The maximum Gasteiger partial charge on any atom is 0.422 e. The highest BCUT2D eigenvalue weighted by atomic mass is 19.4. The lowest BCUT2D eigenvalue weighted by atomic mass is 9.78. The van der Waals surface area contributed by atoms with Crippen molar-refractivity contribution in [3.05, 3.63) is 52.8 Å². The van der Waals surface area contributed by atoms with Gasteiger partial charge in [0, 0.05) is 0 Å². The Balaban J connectivity index is 1.78. The minimum atomic E-state index is -5.38. The molecular formula is C25H28F6O.